The van der Waals surface area contributed by atoms with Crippen LogP contribution in [0.15, 0.2) is 24.3 Å². The highest BCUT2D eigenvalue weighted by molar-refractivity contribution is 5.78. The second kappa shape index (κ2) is 7.14. The number of benzene rings is 1. The molecule has 112 valence electrons. The molecule has 1 aromatic carbocycles. The van der Waals surface area contributed by atoms with Crippen molar-refractivity contribution in [3.8, 4) is 11.5 Å². The van der Waals surface area contributed by atoms with E-state index in [4.69, 9.17) is 9.47 Å². The van der Waals surface area contributed by atoms with Gasteiger partial charge in [-0.15, -0.1) is 0 Å². The van der Waals surface area contributed by atoms with Gasteiger partial charge in [0.1, 0.15) is 11.5 Å². The normalized spacial score (nSPS) is 11.1. The largest absolute Gasteiger partial charge is 0.494 e. The Morgan fingerprint density at radius 3 is 2.15 bits per heavy atom. The summed E-state index contributed by atoms with van der Waals surface area (Å²) in [5, 5.41) is 9.23. The van der Waals surface area contributed by atoms with E-state index in [0.717, 1.165) is 5.75 Å². The van der Waals surface area contributed by atoms with Gasteiger partial charge >= 0.3 is 0 Å². The summed E-state index contributed by atoms with van der Waals surface area (Å²) in [6, 6.07) is 7.11. The van der Waals surface area contributed by atoms with Gasteiger partial charge < -0.3 is 19.5 Å². The molecule has 0 aliphatic carbocycles. The first-order chi connectivity index (χ1) is 9.40. The maximum Gasteiger partial charge on any atom is 0.260 e. The number of aliphatic hydroxyl groups excluding tert-OH is 1. The first kappa shape index (κ1) is 16.3. The van der Waals surface area contributed by atoms with E-state index in [1.807, 2.05) is 6.92 Å². The zero-order chi connectivity index (χ0) is 15.2. The van der Waals surface area contributed by atoms with Gasteiger partial charge in [-0.05, 0) is 45.0 Å². The molecule has 0 bridgehead atoms. The topological polar surface area (TPSA) is 59.0 Å². The maximum atomic E-state index is 12.0. The SMILES string of the molecule is CCOc1ccc(OCC(=O)N(C)C(C)(C)CO)cc1. The summed E-state index contributed by atoms with van der Waals surface area (Å²) in [6.45, 7) is 5.96. The molecular formula is C15H23NO4. The third-order valence-corrected chi connectivity index (χ3v) is 3.17. The number of hydrogen-bond donors (Lipinski definition) is 1. The van der Waals surface area contributed by atoms with Gasteiger partial charge in [0.15, 0.2) is 6.61 Å². The van der Waals surface area contributed by atoms with Crippen LogP contribution in [0.3, 0.4) is 0 Å². The van der Waals surface area contributed by atoms with Gasteiger partial charge in [-0.2, -0.15) is 0 Å². The van der Waals surface area contributed by atoms with Crippen LogP contribution in [0.25, 0.3) is 0 Å². The lowest BCUT2D eigenvalue weighted by Crippen LogP contribution is -2.49. The molecule has 0 spiro atoms. The van der Waals surface area contributed by atoms with Crippen molar-refractivity contribution >= 4 is 5.91 Å². The quantitative estimate of drug-likeness (QED) is 0.826. The van der Waals surface area contributed by atoms with Gasteiger partial charge in [0, 0.05) is 7.05 Å². The van der Waals surface area contributed by atoms with Crippen LogP contribution in [-0.2, 0) is 4.79 Å². The minimum atomic E-state index is -0.598. The molecule has 0 fully saturated rings. The summed E-state index contributed by atoms with van der Waals surface area (Å²) < 4.78 is 10.8. The molecule has 0 aliphatic rings. The number of rotatable bonds is 7. The summed E-state index contributed by atoms with van der Waals surface area (Å²) in [4.78, 5) is 13.4. The molecule has 20 heavy (non-hydrogen) atoms. The van der Waals surface area contributed by atoms with Crippen LogP contribution in [0.4, 0.5) is 0 Å². The molecular weight excluding hydrogens is 258 g/mol. The zero-order valence-electron chi connectivity index (χ0n) is 12.5. The lowest BCUT2D eigenvalue weighted by molar-refractivity contribution is -0.138. The number of carbonyl (C=O) groups excluding carboxylic acids is 1. The number of hydrogen-bond acceptors (Lipinski definition) is 4. The molecule has 1 N–H and O–H groups in total. The van der Waals surface area contributed by atoms with Crippen LogP contribution in [0.2, 0.25) is 0 Å². The van der Waals surface area contributed by atoms with Crippen molar-refractivity contribution in [3.63, 3.8) is 0 Å². The molecule has 0 radical (unpaired) electrons. The smallest absolute Gasteiger partial charge is 0.260 e. The summed E-state index contributed by atoms with van der Waals surface area (Å²) in [7, 11) is 1.65. The van der Waals surface area contributed by atoms with Crippen molar-refractivity contribution in [1.29, 1.82) is 0 Å². The van der Waals surface area contributed by atoms with E-state index in [0.29, 0.717) is 12.4 Å². The van der Waals surface area contributed by atoms with Crippen molar-refractivity contribution in [2.75, 3.05) is 26.9 Å². The monoisotopic (exact) mass is 281 g/mol. The fraction of sp³-hybridized carbons (Fsp3) is 0.533. The highest BCUT2D eigenvalue weighted by atomic mass is 16.5. The highest BCUT2D eigenvalue weighted by Gasteiger charge is 2.26. The average molecular weight is 281 g/mol. The second-order valence-corrected chi connectivity index (χ2v) is 5.12. The average Bonchev–Trinajstić information content (AvgIpc) is 2.45. The van der Waals surface area contributed by atoms with Crippen LogP contribution >= 0.6 is 0 Å². The lowest BCUT2D eigenvalue weighted by atomic mass is 10.1. The predicted octanol–water partition coefficient (Wildman–Crippen LogP) is 1.69. The van der Waals surface area contributed by atoms with Crippen LogP contribution in [0, 0.1) is 0 Å². The zero-order valence-corrected chi connectivity index (χ0v) is 12.5. The second-order valence-electron chi connectivity index (χ2n) is 5.12. The van der Waals surface area contributed by atoms with Gasteiger partial charge in [-0.1, -0.05) is 0 Å². The molecule has 0 unspecified atom stereocenters. The van der Waals surface area contributed by atoms with Crippen molar-refractivity contribution in [2.45, 2.75) is 26.3 Å². The Morgan fingerprint density at radius 1 is 1.20 bits per heavy atom. The van der Waals surface area contributed by atoms with E-state index in [2.05, 4.69) is 0 Å². The minimum absolute atomic E-state index is 0.0616. The summed E-state index contributed by atoms with van der Waals surface area (Å²) in [5.41, 5.74) is -0.598. The molecule has 0 aromatic heterocycles. The van der Waals surface area contributed by atoms with E-state index in [1.165, 1.54) is 4.90 Å². The molecule has 0 saturated heterocycles. The van der Waals surface area contributed by atoms with Gasteiger partial charge in [0.05, 0.1) is 18.8 Å². The Labute approximate surface area is 120 Å². The third-order valence-electron chi connectivity index (χ3n) is 3.17. The van der Waals surface area contributed by atoms with Gasteiger partial charge in [0.2, 0.25) is 0 Å². The van der Waals surface area contributed by atoms with E-state index >= 15 is 0 Å². The number of ether oxygens (including phenoxy) is 2. The van der Waals surface area contributed by atoms with E-state index in [9.17, 15) is 9.90 Å². The fourth-order valence-electron chi connectivity index (χ4n) is 1.48. The number of aliphatic hydroxyl groups is 1. The molecule has 0 heterocycles. The molecule has 1 amide bonds. The Bertz CT molecular complexity index is 428. The fourth-order valence-corrected chi connectivity index (χ4v) is 1.48. The first-order valence-electron chi connectivity index (χ1n) is 6.64. The molecule has 5 heteroatoms. The van der Waals surface area contributed by atoms with Crippen LogP contribution in [-0.4, -0.2) is 48.3 Å². The van der Waals surface area contributed by atoms with Crippen LogP contribution in [0.5, 0.6) is 11.5 Å². The summed E-state index contributed by atoms with van der Waals surface area (Å²) in [5.74, 6) is 1.19. The number of amides is 1. The third kappa shape index (κ3) is 4.42. The van der Waals surface area contributed by atoms with Crippen LogP contribution < -0.4 is 9.47 Å². The molecule has 0 saturated carbocycles. The van der Waals surface area contributed by atoms with Crippen molar-refractivity contribution in [2.24, 2.45) is 0 Å². The summed E-state index contributed by atoms with van der Waals surface area (Å²) in [6.07, 6.45) is 0. The van der Waals surface area contributed by atoms with E-state index in [-0.39, 0.29) is 19.1 Å². The first-order valence-corrected chi connectivity index (χ1v) is 6.64. The van der Waals surface area contributed by atoms with Gasteiger partial charge in [0.25, 0.3) is 5.91 Å². The lowest BCUT2D eigenvalue weighted by Gasteiger charge is -2.33. The molecule has 5 nitrogen and oxygen atoms in total. The number of nitrogens with zero attached hydrogens (tertiary/aromatic N) is 1. The van der Waals surface area contributed by atoms with Crippen LogP contribution in [0.1, 0.15) is 20.8 Å². The Kier molecular flexibility index (Phi) is 5.82. The standard InChI is InChI=1S/C15H23NO4/c1-5-19-12-6-8-13(9-7-12)20-10-14(18)16(4)15(2,3)11-17/h6-9,17H,5,10-11H2,1-4H3. The molecule has 0 atom stereocenters. The minimum Gasteiger partial charge on any atom is -0.494 e. The number of carbonyl (C=O) groups is 1. The van der Waals surface area contributed by atoms with Crippen molar-refractivity contribution in [1.82, 2.24) is 4.90 Å². The predicted molar refractivity (Wildman–Crippen MR) is 77.0 cm³/mol. The Hall–Kier alpha value is -1.75. The van der Waals surface area contributed by atoms with Gasteiger partial charge in [-0.3, -0.25) is 4.79 Å². The van der Waals surface area contributed by atoms with Crippen molar-refractivity contribution in [3.05, 3.63) is 24.3 Å². The van der Waals surface area contributed by atoms with E-state index in [1.54, 1.807) is 45.2 Å². The molecule has 0 aliphatic heterocycles. The maximum absolute atomic E-state index is 12.0. The Morgan fingerprint density at radius 2 is 1.70 bits per heavy atom. The van der Waals surface area contributed by atoms with Crippen molar-refractivity contribution < 1.29 is 19.4 Å². The highest BCUT2D eigenvalue weighted by Crippen LogP contribution is 2.18. The van der Waals surface area contributed by atoms with Gasteiger partial charge in [-0.25, -0.2) is 0 Å². The molecule has 1 aromatic rings. The molecule has 1 rings (SSSR count). The summed E-state index contributed by atoms with van der Waals surface area (Å²) >= 11 is 0. The Balaban J connectivity index is 2.52. The van der Waals surface area contributed by atoms with E-state index < -0.39 is 5.54 Å². The number of likely N-dealkylation sites (N-methyl/N-ethyl adjacent to an activating group) is 1.